The van der Waals surface area contributed by atoms with Crippen molar-refractivity contribution in [3.63, 3.8) is 0 Å². The SMILES string of the molecule is COc1ccc([C@H]2SCC(=O)N2c2ccc(Cl)cc2)cc1OC. The summed E-state index contributed by atoms with van der Waals surface area (Å²) in [6, 6.07) is 13.0. The predicted octanol–water partition coefficient (Wildman–Crippen LogP) is 4.14. The Kier molecular flexibility index (Phi) is 4.68. The molecule has 4 nitrogen and oxygen atoms in total. The number of hydrogen-bond acceptors (Lipinski definition) is 4. The van der Waals surface area contributed by atoms with Crippen LogP contribution in [0, 0.1) is 0 Å². The second-order valence-electron chi connectivity index (χ2n) is 5.02. The van der Waals surface area contributed by atoms with Crippen molar-refractivity contribution in [2.24, 2.45) is 0 Å². The van der Waals surface area contributed by atoms with Gasteiger partial charge in [0.25, 0.3) is 0 Å². The molecule has 0 spiro atoms. The van der Waals surface area contributed by atoms with Gasteiger partial charge in [-0.25, -0.2) is 0 Å². The smallest absolute Gasteiger partial charge is 0.238 e. The van der Waals surface area contributed by atoms with Gasteiger partial charge in [0, 0.05) is 10.7 Å². The Hall–Kier alpha value is -1.85. The number of nitrogens with zero attached hydrogens (tertiary/aromatic N) is 1. The summed E-state index contributed by atoms with van der Waals surface area (Å²) in [4.78, 5) is 14.1. The minimum atomic E-state index is -0.0940. The largest absolute Gasteiger partial charge is 0.493 e. The molecule has 1 heterocycles. The van der Waals surface area contributed by atoms with Crippen LogP contribution in [0.5, 0.6) is 11.5 Å². The first-order valence-electron chi connectivity index (χ1n) is 7.05. The van der Waals surface area contributed by atoms with Gasteiger partial charge in [0.2, 0.25) is 5.91 Å². The van der Waals surface area contributed by atoms with Crippen LogP contribution in [0.3, 0.4) is 0 Å². The summed E-state index contributed by atoms with van der Waals surface area (Å²) in [7, 11) is 3.21. The van der Waals surface area contributed by atoms with E-state index in [1.807, 2.05) is 30.3 Å². The van der Waals surface area contributed by atoms with E-state index in [1.165, 1.54) is 0 Å². The molecule has 0 N–H and O–H groups in total. The number of methoxy groups -OCH3 is 2. The van der Waals surface area contributed by atoms with Gasteiger partial charge in [0.05, 0.1) is 20.0 Å². The minimum Gasteiger partial charge on any atom is -0.493 e. The third-order valence-corrected chi connectivity index (χ3v) is 5.13. The Morgan fingerprint density at radius 2 is 1.78 bits per heavy atom. The van der Waals surface area contributed by atoms with Crippen molar-refractivity contribution in [3.05, 3.63) is 53.1 Å². The minimum absolute atomic E-state index is 0.0807. The van der Waals surface area contributed by atoms with Gasteiger partial charge in [-0.2, -0.15) is 0 Å². The van der Waals surface area contributed by atoms with E-state index in [4.69, 9.17) is 21.1 Å². The number of amides is 1. The summed E-state index contributed by atoms with van der Waals surface area (Å²) in [5.41, 5.74) is 1.83. The summed E-state index contributed by atoms with van der Waals surface area (Å²) in [6.07, 6.45) is 0. The predicted molar refractivity (Wildman–Crippen MR) is 93.7 cm³/mol. The first kappa shape index (κ1) is 16.0. The number of benzene rings is 2. The molecular formula is C17H16ClNO3S. The van der Waals surface area contributed by atoms with Crippen LogP contribution in [-0.2, 0) is 4.79 Å². The molecule has 6 heteroatoms. The molecule has 1 amide bonds. The lowest BCUT2D eigenvalue weighted by molar-refractivity contribution is -0.115. The highest BCUT2D eigenvalue weighted by molar-refractivity contribution is 8.00. The van der Waals surface area contributed by atoms with Gasteiger partial charge in [-0.3, -0.25) is 9.69 Å². The van der Waals surface area contributed by atoms with E-state index in [9.17, 15) is 4.79 Å². The van der Waals surface area contributed by atoms with Crippen molar-refractivity contribution in [1.82, 2.24) is 0 Å². The van der Waals surface area contributed by atoms with Crippen LogP contribution in [-0.4, -0.2) is 25.9 Å². The summed E-state index contributed by atoms with van der Waals surface area (Å²) >= 11 is 7.53. The molecule has 1 aliphatic heterocycles. The molecule has 2 aromatic carbocycles. The first-order chi connectivity index (χ1) is 11.1. The lowest BCUT2D eigenvalue weighted by Crippen LogP contribution is -2.27. The van der Waals surface area contributed by atoms with Crippen molar-refractivity contribution in [3.8, 4) is 11.5 Å². The maximum atomic E-state index is 12.3. The molecular weight excluding hydrogens is 334 g/mol. The van der Waals surface area contributed by atoms with E-state index in [-0.39, 0.29) is 11.3 Å². The zero-order chi connectivity index (χ0) is 16.4. The number of ether oxygens (including phenoxy) is 2. The van der Waals surface area contributed by atoms with Crippen molar-refractivity contribution >= 4 is 35.0 Å². The van der Waals surface area contributed by atoms with E-state index >= 15 is 0 Å². The highest BCUT2D eigenvalue weighted by Crippen LogP contribution is 2.43. The van der Waals surface area contributed by atoms with E-state index in [0.717, 1.165) is 11.3 Å². The molecule has 1 aliphatic rings. The molecule has 0 bridgehead atoms. The van der Waals surface area contributed by atoms with Gasteiger partial charge >= 0.3 is 0 Å². The molecule has 23 heavy (non-hydrogen) atoms. The van der Waals surface area contributed by atoms with Gasteiger partial charge in [-0.1, -0.05) is 17.7 Å². The topological polar surface area (TPSA) is 38.8 Å². The Labute approximate surface area is 144 Å². The van der Waals surface area contributed by atoms with Crippen molar-refractivity contribution in [2.75, 3.05) is 24.9 Å². The second-order valence-corrected chi connectivity index (χ2v) is 6.52. The third kappa shape index (κ3) is 3.12. The van der Waals surface area contributed by atoms with Crippen LogP contribution in [0.1, 0.15) is 10.9 Å². The summed E-state index contributed by atoms with van der Waals surface area (Å²) in [6.45, 7) is 0. The lowest BCUT2D eigenvalue weighted by Gasteiger charge is -2.25. The number of halogens is 1. The average molecular weight is 350 g/mol. The fraction of sp³-hybridized carbons (Fsp3) is 0.235. The fourth-order valence-corrected chi connectivity index (χ4v) is 3.85. The van der Waals surface area contributed by atoms with E-state index in [1.54, 1.807) is 43.0 Å². The van der Waals surface area contributed by atoms with Crippen LogP contribution in [0.25, 0.3) is 0 Å². The highest BCUT2D eigenvalue weighted by Gasteiger charge is 2.34. The maximum absolute atomic E-state index is 12.3. The van der Waals surface area contributed by atoms with Crippen LogP contribution >= 0.6 is 23.4 Å². The van der Waals surface area contributed by atoms with Crippen LogP contribution in [0.2, 0.25) is 5.02 Å². The van der Waals surface area contributed by atoms with Crippen LogP contribution < -0.4 is 14.4 Å². The number of hydrogen-bond donors (Lipinski definition) is 0. The monoisotopic (exact) mass is 349 g/mol. The van der Waals surface area contributed by atoms with Crippen LogP contribution in [0.15, 0.2) is 42.5 Å². The molecule has 1 saturated heterocycles. The number of thioether (sulfide) groups is 1. The lowest BCUT2D eigenvalue weighted by atomic mass is 10.1. The normalized spacial score (nSPS) is 17.4. The standard InChI is InChI=1S/C17H16ClNO3S/c1-21-14-8-3-11(9-15(14)22-2)17-19(16(20)10-23-17)13-6-4-12(18)5-7-13/h3-9,17H,10H2,1-2H3/t17-/m1/s1. The Balaban J connectivity index is 1.97. The molecule has 0 unspecified atom stereocenters. The number of carbonyl (C=O) groups excluding carboxylic acids is 1. The second kappa shape index (κ2) is 6.72. The van der Waals surface area contributed by atoms with Gasteiger partial charge in [-0.15, -0.1) is 11.8 Å². The molecule has 0 aliphatic carbocycles. The third-order valence-electron chi connectivity index (χ3n) is 3.67. The van der Waals surface area contributed by atoms with Gasteiger partial charge in [-0.05, 0) is 42.0 Å². The zero-order valence-corrected chi connectivity index (χ0v) is 14.4. The summed E-state index contributed by atoms with van der Waals surface area (Å²) in [5, 5.41) is 0.555. The van der Waals surface area contributed by atoms with E-state index in [2.05, 4.69) is 0 Å². The highest BCUT2D eigenvalue weighted by atomic mass is 35.5. The Morgan fingerprint density at radius 1 is 1.09 bits per heavy atom. The molecule has 2 aromatic rings. The first-order valence-corrected chi connectivity index (χ1v) is 8.48. The molecule has 1 fully saturated rings. The zero-order valence-electron chi connectivity index (χ0n) is 12.8. The van der Waals surface area contributed by atoms with E-state index < -0.39 is 0 Å². The van der Waals surface area contributed by atoms with Gasteiger partial charge in [0.15, 0.2) is 11.5 Å². The average Bonchev–Trinajstić information content (AvgIpc) is 2.96. The van der Waals surface area contributed by atoms with Gasteiger partial charge < -0.3 is 9.47 Å². The van der Waals surface area contributed by atoms with Gasteiger partial charge in [0.1, 0.15) is 5.37 Å². The Morgan fingerprint density at radius 3 is 2.43 bits per heavy atom. The maximum Gasteiger partial charge on any atom is 0.238 e. The molecule has 120 valence electrons. The molecule has 0 saturated carbocycles. The number of anilines is 1. The summed E-state index contributed by atoms with van der Waals surface area (Å²) in [5.74, 6) is 1.85. The Bertz CT molecular complexity index is 720. The molecule has 1 atom stereocenters. The fourth-order valence-electron chi connectivity index (χ4n) is 2.56. The van der Waals surface area contributed by atoms with Crippen molar-refractivity contribution in [2.45, 2.75) is 5.37 Å². The summed E-state index contributed by atoms with van der Waals surface area (Å²) < 4.78 is 10.6. The molecule has 3 rings (SSSR count). The van der Waals surface area contributed by atoms with Crippen molar-refractivity contribution in [1.29, 1.82) is 0 Å². The van der Waals surface area contributed by atoms with Crippen LogP contribution in [0.4, 0.5) is 5.69 Å². The van der Waals surface area contributed by atoms with E-state index in [0.29, 0.717) is 22.3 Å². The number of rotatable bonds is 4. The molecule has 0 aromatic heterocycles. The number of carbonyl (C=O) groups is 1. The quantitative estimate of drug-likeness (QED) is 0.831. The van der Waals surface area contributed by atoms with Crippen molar-refractivity contribution < 1.29 is 14.3 Å². The molecule has 0 radical (unpaired) electrons.